The van der Waals surface area contributed by atoms with E-state index in [0.717, 1.165) is 33.1 Å². The molecule has 4 N–H and O–H groups in total. The molecule has 0 radical (unpaired) electrons. The number of aromatic nitrogens is 5. The van der Waals surface area contributed by atoms with E-state index in [9.17, 15) is 4.79 Å². The number of amidine groups is 1. The minimum absolute atomic E-state index is 0.311. The largest absolute Gasteiger partial charge is 0.350 e. The van der Waals surface area contributed by atoms with E-state index in [-0.39, 0.29) is 5.91 Å². The van der Waals surface area contributed by atoms with Crippen LogP contribution in [0.4, 0.5) is 11.5 Å². The van der Waals surface area contributed by atoms with Gasteiger partial charge in [0.2, 0.25) is 0 Å². The highest BCUT2D eigenvalue weighted by Gasteiger charge is 2.12. The number of H-pyrrole nitrogens is 2. The van der Waals surface area contributed by atoms with Crippen LogP contribution in [0.1, 0.15) is 10.5 Å². The monoisotopic (exact) mass is 463 g/mol. The Hall–Kier alpha value is -5.12. The number of aliphatic imine (C=N–C) groups is 2. The van der Waals surface area contributed by atoms with Gasteiger partial charge in [-0.3, -0.25) is 19.9 Å². The Morgan fingerprint density at radius 3 is 2.86 bits per heavy atom. The van der Waals surface area contributed by atoms with E-state index < -0.39 is 0 Å². The molecule has 2 aromatic carbocycles. The Labute approximate surface area is 200 Å². The molecule has 0 aliphatic rings. The predicted molar refractivity (Wildman–Crippen MR) is 138 cm³/mol. The van der Waals surface area contributed by atoms with Crippen molar-refractivity contribution in [2.24, 2.45) is 9.98 Å². The second-order valence-electron chi connectivity index (χ2n) is 7.61. The zero-order valence-corrected chi connectivity index (χ0v) is 18.8. The number of benzene rings is 2. The summed E-state index contributed by atoms with van der Waals surface area (Å²) < 4.78 is 0. The minimum Gasteiger partial charge on any atom is -0.350 e. The highest BCUT2D eigenvalue weighted by atomic mass is 16.1. The number of carbonyl (C=O) groups excluding carboxylic acids is 1. The third-order valence-electron chi connectivity index (χ3n) is 5.31. The number of hydrogen-bond acceptors (Lipinski definition) is 7. The van der Waals surface area contributed by atoms with Crippen LogP contribution in [0.25, 0.3) is 33.2 Å². The van der Waals surface area contributed by atoms with Crippen LogP contribution in [-0.4, -0.2) is 50.7 Å². The number of hydrogen-bond donors (Lipinski definition) is 4. The summed E-state index contributed by atoms with van der Waals surface area (Å²) in [7, 11) is 1.58. The standard InChI is InChI=1S/C25H21N9O/c1-26-9-7-22(27-2)33-25(35)21-12-15-3-4-16(13-20(15)31-21)24-28-10-8-23(32-24)30-18-5-6-19-17(11-18)14-29-34-19/h3-14,31H,1H2,2H3,(H,29,34)(H,27,33,35)(H,28,30,32)/b9-7-. The fraction of sp³-hybridized carbons (Fsp3) is 0.0400. The number of amides is 1. The lowest BCUT2D eigenvalue weighted by Crippen LogP contribution is -2.29. The molecule has 0 aliphatic carbocycles. The predicted octanol–water partition coefficient (Wildman–Crippen LogP) is 4.22. The molecule has 5 rings (SSSR count). The van der Waals surface area contributed by atoms with E-state index in [0.29, 0.717) is 23.2 Å². The van der Waals surface area contributed by atoms with Gasteiger partial charge in [-0.25, -0.2) is 9.97 Å². The highest BCUT2D eigenvalue weighted by Crippen LogP contribution is 2.25. The molecule has 10 nitrogen and oxygen atoms in total. The summed E-state index contributed by atoms with van der Waals surface area (Å²) in [5.74, 6) is 1.29. The third kappa shape index (κ3) is 4.67. The van der Waals surface area contributed by atoms with Crippen LogP contribution in [0.2, 0.25) is 0 Å². The number of fused-ring (bicyclic) bond motifs is 2. The van der Waals surface area contributed by atoms with Crippen LogP contribution in [0.3, 0.4) is 0 Å². The zero-order chi connectivity index (χ0) is 24.2. The van der Waals surface area contributed by atoms with Crippen LogP contribution in [-0.2, 0) is 0 Å². The zero-order valence-electron chi connectivity index (χ0n) is 18.8. The van der Waals surface area contributed by atoms with Crippen molar-refractivity contribution < 1.29 is 4.79 Å². The van der Waals surface area contributed by atoms with Crippen molar-refractivity contribution in [1.29, 1.82) is 0 Å². The summed E-state index contributed by atoms with van der Waals surface area (Å²) in [4.78, 5) is 32.5. The van der Waals surface area contributed by atoms with Crippen molar-refractivity contribution in [3.8, 4) is 11.4 Å². The molecule has 0 spiro atoms. The molecule has 3 aromatic heterocycles. The molecule has 0 saturated carbocycles. The van der Waals surface area contributed by atoms with Crippen LogP contribution in [0.15, 0.2) is 83.2 Å². The summed E-state index contributed by atoms with van der Waals surface area (Å²) >= 11 is 0. The Morgan fingerprint density at radius 1 is 1.09 bits per heavy atom. The van der Waals surface area contributed by atoms with Crippen molar-refractivity contribution in [2.45, 2.75) is 0 Å². The van der Waals surface area contributed by atoms with Gasteiger partial charge in [0.15, 0.2) is 5.82 Å². The Bertz CT molecular complexity index is 1610. The van der Waals surface area contributed by atoms with E-state index in [2.05, 4.69) is 52.5 Å². The fourth-order valence-corrected chi connectivity index (χ4v) is 3.60. The molecule has 0 saturated heterocycles. The van der Waals surface area contributed by atoms with Gasteiger partial charge in [0, 0.05) is 47.0 Å². The normalized spacial score (nSPS) is 11.9. The molecule has 0 bridgehead atoms. The van der Waals surface area contributed by atoms with E-state index in [1.54, 1.807) is 31.6 Å². The first-order chi connectivity index (χ1) is 17.1. The summed E-state index contributed by atoms with van der Waals surface area (Å²) in [6, 6.07) is 15.3. The number of anilines is 2. The molecular formula is C25H21N9O. The Balaban J connectivity index is 1.37. The van der Waals surface area contributed by atoms with E-state index in [4.69, 9.17) is 0 Å². The lowest BCUT2D eigenvalue weighted by molar-refractivity contribution is 0.0973. The molecule has 0 fully saturated rings. The smallest absolute Gasteiger partial charge is 0.273 e. The van der Waals surface area contributed by atoms with Gasteiger partial charge in [-0.05, 0) is 49.2 Å². The summed E-state index contributed by atoms with van der Waals surface area (Å²) in [6.07, 6.45) is 6.50. The molecule has 10 heteroatoms. The molecule has 172 valence electrons. The lowest BCUT2D eigenvalue weighted by Gasteiger charge is -2.07. The van der Waals surface area contributed by atoms with Crippen molar-refractivity contribution >= 4 is 51.8 Å². The molecule has 5 aromatic rings. The second kappa shape index (κ2) is 9.40. The average Bonchev–Trinajstić information content (AvgIpc) is 3.53. The van der Waals surface area contributed by atoms with Gasteiger partial charge in [-0.2, -0.15) is 5.10 Å². The summed E-state index contributed by atoms with van der Waals surface area (Å²) in [5, 5.41) is 14.9. The number of carbonyl (C=O) groups is 1. The Morgan fingerprint density at radius 2 is 2.00 bits per heavy atom. The van der Waals surface area contributed by atoms with Crippen molar-refractivity contribution in [3.05, 3.63) is 78.9 Å². The molecule has 3 heterocycles. The molecule has 0 atom stereocenters. The van der Waals surface area contributed by atoms with E-state index >= 15 is 0 Å². The number of aromatic amines is 2. The van der Waals surface area contributed by atoms with Gasteiger partial charge in [0.1, 0.15) is 17.3 Å². The quantitative estimate of drug-likeness (QED) is 0.221. The van der Waals surface area contributed by atoms with Gasteiger partial charge in [0.05, 0.1) is 11.7 Å². The maximum absolute atomic E-state index is 12.6. The molecule has 35 heavy (non-hydrogen) atoms. The van der Waals surface area contributed by atoms with Crippen LogP contribution in [0.5, 0.6) is 0 Å². The topological polar surface area (TPSA) is 136 Å². The summed E-state index contributed by atoms with van der Waals surface area (Å²) in [5.41, 5.74) is 3.88. The SMILES string of the molecule is C=N/C=C\C(=N/C)NC(=O)c1cc2ccc(-c3nccc(Nc4ccc5[nH]ncc5c4)n3)cc2[nH]1. The number of rotatable bonds is 6. The van der Waals surface area contributed by atoms with Crippen molar-refractivity contribution in [2.75, 3.05) is 12.4 Å². The fourth-order valence-electron chi connectivity index (χ4n) is 3.60. The van der Waals surface area contributed by atoms with Gasteiger partial charge >= 0.3 is 0 Å². The van der Waals surface area contributed by atoms with Gasteiger partial charge in [0.25, 0.3) is 5.91 Å². The third-order valence-corrected chi connectivity index (χ3v) is 5.31. The lowest BCUT2D eigenvalue weighted by atomic mass is 10.1. The maximum atomic E-state index is 12.6. The molecule has 1 amide bonds. The average molecular weight is 464 g/mol. The summed E-state index contributed by atoms with van der Waals surface area (Å²) in [6.45, 7) is 3.37. The molecule has 0 unspecified atom stereocenters. The molecular weight excluding hydrogens is 442 g/mol. The maximum Gasteiger partial charge on any atom is 0.273 e. The Kier molecular flexibility index (Phi) is 5.83. The van der Waals surface area contributed by atoms with Crippen molar-refractivity contribution in [1.82, 2.24) is 30.5 Å². The number of nitrogens with zero attached hydrogens (tertiary/aromatic N) is 5. The first-order valence-corrected chi connectivity index (χ1v) is 10.7. The van der Waals surface area contributed by atoms with E-state index in [1.165, 1.54) is 6.20 Å². The first-order valence-electron chi connectivity index (χ1n) is 10.7. The van der Waals surface area contributed by atoms with Crippen LogP contribution >= 0.6 is 0 Å². The number of nitrogens with one attached hydrogen (secondary N) is 4. The molecule has 0 aliphatic heterocycles. The second-order valence-corrected chi connectivity index (χ2v) is 7.61. The van der Waals surface area contributed by atoms with Crippen LogP contribution in [0, 0.1) is 0 Å². The van der Waals surface area contributed by atoms with Crippen LogP contribution < -0.4 is 10.6 Å². The minimum atomic E-state index is -0.311. The van der Waals surface area contributed by atoms with Gasteiger partial charge in [-0.15, -0.1) is 0 Å². The van der Waals surface area contributed by atoms with E-state index in [1.807, 2.05) is 42.5 Å². The van der Waals surface area contributed by atoms with Gasteiger partial charge in [-0.1, -0.05) is 12.1 Å². The van der Waals surface area contributed by atoms with Crippen molar-refractivity contribution in [3.63, 3.8) is 0 Å². The van der Waals surface area contributed by atoms with Gasteiger partial charge < -0.3 is 15.6 Å². The first kappa shape index (κ1) is 21.7. The highest BCUT2D eigenvalue weighted by molar-refractivity contribution is 6.11.